The first-order valence-electron chi connectivity index (χ1n) is 8.84. The number of carbonyl (C=O) groups excluding carboxylic acids is 3. The Bertz CT molecular complexity index is 610. The Morgan fingerprint density at radius 3 is 1.64 bits per heavy atom. The van der Waals surface area contributed by atoms with Crippen molar-refractivity contribution in [2.75, 3.05) is 0 Å². The van der Waals surface area contributed by atoms with Gasteiger partial charge in [0.2, 0.25) is 5.78 Å². The van der Waals surface area contributed by atoms with Gasteiger partial charge in [0.05, 0.1) is 0 Å². The SMILES string of the molecule is CC(C)[C@@H](C)NC(=O)c1ccc(C(=O)C(=O)N(C(C)C)C(C)C)cc1. The van der Waals surface area contributed by atoms with Crippen molar-refractivity contribution in [3.63, 3.8) is 0 Å². The second-order valence-corrected chi connectivity index (χ2v) is 7.31. The summed E-state index contributed by atoms with van der Waals surface area (Å²) in [6, 6.07) is 6.18. The number of ketones is 1. The van der Waals surface area contributed by atoms with Gasteiger partial charge in [0.15, 0.2) is 0 Å². The Morgan fingerprint density at radius 2 is 1.24 bits per heavy atom. The minimum absolute atomic E-state index is 0.0565. The smallest absolute Gasteiger partial charge is 0.295 e. The van der Waals surface area contributed by atoms with Crippen LogP contribution >= 0.6 is 0 Å². The zero-order valence-corrected chi connectivity index (χ0v) is 16.3. The third kappa shape index (κ3) is 5.41. The number of hydrogen-bond acceptors (Lipinski definition) is 3. The first kappa shape index (κ1) is 20.9. The van der Waals surface area contributed by atoms with Crippen LogP contribution in [-0.4, -0.2) is 40.6 Å². The molecule has 0 saturated carbocycles. The van der Waals surface area contributed by atoms with E-state index in [9.17, 15) is 14.4 Å². The monoisotopic (exact) mass is 346 g/mol. The van der Waals surface area contributed by atoms with Crippen molar-refractivity contribution < 1.29 is 14.4 Å². The maximum atomic E-state index is 12.5. The number of nitrogens with one attached hydrogen (secondary N) is 1. The molecule has 0 heterocycles. The Balaban J connectivity index is 2.90. The molecule has 1 rings (SSSR count). The van der Waals surface area contributed by atoms with E-state index in [1.807, 2.05) is 48.5 Å². The van der Waals surface area contributed by atoms with Gasteiger partial charge >= 0.3 is 0 Å². The van der Waals surface area contributed by atoms with Crippen LogP contribution in [0.3, 0.4) is 0 Å². The summed E-state index contributed by atoms with van der Waals surface area (Å²) in [4.78, 5) is 38.7. The van der Waals surface area contributed by atoms with Crippen LogP contribution in [0, 0.1) is 5.92 Å². The van der Waals surface area contributed by atoms with E-state index in [4.69, 9.17) is 0 Å². The minimum atomic E-state index is -0.551. The predicted octanol–water partition coefficient (Wildman–Crippen LogP) is 3.29. The van der Waals surface area contributed by atoms with Gasteiger partial charge in [-0.25, -0.2) is 0 Å². The minimum Gasteiger partial charge on any atom is -0.349 e. The van der Waals surface area contributed by atoms with E-state index in [-0.39, 0.29) is 24.0 Å². The molecule has 0 unspecified atom stereocenters. The van der Waals surface area contributed by atoms with E-state index in [0.717, 1.165) is 0 Å². The highest BCUT2D eigenvalue weighted by Crippen LogP contribution is 2.12. The van der Waals surface area contributed by atoms with Crippen molar-refractivity contribution in [1.82, 2.24) is 10.2 Å². The normalized spacial score (nSPS) is 12.4. The molecule has 0 aliphatic carbocycles. The van der Waals surface area contributed by atoms with E-state index in [1.165, 1.54) is 12.1 Å². The van der Waals surface area contributed by atoms with Crippen LogP contribution in [0.4, 0.5) is 0 Å². The Morgan fingerprint density at radius 1 is 0.800 bits per heavy atom. The predicted molar refractivity (Wildman–Crippen MR) is 99.7 cm³/mol. The topological polar surface area (TPSA) is 66.5 Å². The first-order valence-corrected chi connectivity index (χ1v) is 8.84. The Hall–Kier alpha value is -2.17. The zero-order valence-electron chi connectivity index (χ0n) is 16.3. The molecule has 25 heavy (non-hydrogen) atoms. The van der Waals surface area contributed by atoms with Crippen molar-refractivity contribution >= 4 is 17.6 Å². The van der Waals surface area contributed by atoms with Crippen LogP contribution in [0.15, 0.2) is 24.3 Å². The van der Waals surface area contributed by atoms with Gasteiger partial charge in [-0.15, -0.1) is 0 Å². The number of amides is 2. The largest absolute Gasteiger partial charge is 0.349 e. The molecule has 0 spiro atoms. The molecule has 1 aromatic rings. The molecule has 0 aliphatic heterocycles. The van der Waals surface area contributed by atoms with Crippen molar-refractivity contribution in [2.24, 2.45) is 5.92 Å². The number of hydrogen-bond donors (Lipinski definition) is 1. The second kappa shape index (κ2) is 8.79. The van der Waals surface area contributed by atoms with E-state index in [0.29, 0.717) is 17.0 Å². The molecule has 1 aromatic carbocycles. The van der Waals surface area contributed by atoms with Gasteiger partial charge in [-0.1, -0.05) is 26.0 Å². The standard InChI is InChI=1S/C20H30N2O3/c1-12(2)15(7)21-19(24)17-10-8-16(9-11-17)18(23)20(25)22(13(3)4)14(5)6/h8-15H,1-7H3,(H,21,24)/t15-/m1/s1. The molecule has 0 radical (unpaired) electrons. The van der Waals surface area contributed by atoms with Crippen LogP contribution in [0.2, 0.25) is 0 Å². The molecule has 1 N–H and O–H groups in total. The van der Waals surface area contributed by atoms with Crippen LogP contribution < -0.4 is 5.32 Å². The summed E-state index contributed by atoms with van der Waals surface area (Å²) in [6.45, 7) is 13.6. The molecule has 0 aromatic heterocycles. The fourth-order valence-electron chi connectivity index (χ4n) is 2.54. The molecule has 0 saturated heterocycles. The van der Waals surface area contributed by atoms with Crippen LogP contribution in [0.5, 0.6) is 0 Å². The quantitative estimate of drug-likeness (QED) is 0.608. The first-order chi connectivity index (χ1) is 11.6. The fraction of sp³-hybridized carbons (Fsp3) is 0.550. The maximum Gasteiger partial charge on any atom is 0.295 e. The van der Waals surface area contributed by atoms with E-state index in [1.54, 1.807) is 17.0 Å². The number of Topliss-reactive ketones (excluding diaryl/α,β-unsaturated/α-hetero) is 1. The summed E-state index contributed by atoms with van der Waals surface area (Å²) in [7, 11) is 0. The summed E-state index contributed by atoms with van der Waals surface area (Å²) in [5.74, 6) is -0.918. The lowest BCUT2D eigenvalue weighted by molar-refractivity contribution is -0.129. The Labute approximate surface area is 150 Å². The van der Waals surface area contributed by atoms with Gasteiger partial charge in [0.25, 0.3) is 11.8 Å². The molecular weight excluding hydrogens is 316 g/mol. The molecule has 138 valence electrons. The summed E-state index contributed by atoms with van der Waals surface area (Å²) < 4.78 is 0. The van der Waals surface area contributed by atoms with E-state index >= 15 is 0 Å². The second-order valence-electron chi connectivity index (χ2n) is 7.31. The molecule has 0 aliphatic rings. The highest BCUT2D eigenvalue weighted by atomic mass is 16.2. The Kier molecular flexibility index (Phi) is 7.34. The molecule has 1 atom stereocenters. The van der Waals surface area contributed by atoms with Crippen molar-refractivity contribution in [3.05, 3.63) is 35.4 Å². The lowest BCUT2D eigenvalue weighted by atomic mass is 10.0. The van der Waals surface area contributed by atoms with Gasteiger partial charge in [-0.05, 0) is 52.7 Å². The highest BCUT2D eigenvalue weighted by molar-refractivity contribution is 6.42. The molecule has 5 nitrogen and oxygen atoms in total. The van der Waals surface area contributed by atoms with Gasteiger partial charge in [-0.3, -0.25) is 14.4 Å². The van der Waals surface area contributed by atoms with Crippen LogP contribution in [-0.2, 0) is 4.79 Å². The van der Waals surface area contributed by atoms with E-state index in [2.05, 4.69) is 5.32 Å². The number of carbonyl (C=O) groups is 3. The number of benzene rings is 1. The van der Waals surface area contributed by atoms with Gasteiger partial charge in [0.1, 0.15) is 0 Å². The average molecular weight is 346 g/mol. The summed E-state index contributed by atoms with van der Waals surface area (Å²) in [5.41, 5.74) is 0.769. The lowest BCUT2D eigenvalue weighted by Crippen LogP contribution is -2.45. The van der Waals surface area contributed by atoms with Crippen molar-refractivity contribution in [3.8, 4) is 0 Å². The van der Waals surface area contributed by atoms with Gasteiger partial charge in [0, 0.05) is 29.3 Å². The lowest BCUT2D eigenvalue weighted by Gasteiger charge is -2.30. The summed E-state index contributed by atoms with van der Waals surface area (Å²) in [6.07, 6.45) is 0. The van der Waals surface area contributed by atoms with Gasteiger partial charge < -0.3 is 10.2 Å². The van der Waals surface area contributed by atoms with Crippen LogP contribution in [0.1, 0.15) is 69.2 Å². The number of nitrogens with zero attached hydrogens (tertiary/aromatic N) is 1. The third-order valence-electron chi connectivity index (χ3n) is 4.31. The van der Waals surface area contributed by atoms with E-state index < -0.39 is 11.7 Å². The molecule has 0 bridgehead atoms. The summed E-state index contributed by atoms with van der Waals surface area (Å²) in [5, 5.41) is 2.92. The highest BCUT2D eigenvalue weighted by Gasteiger charge is 2.27. The maximum absolute atomic E-state index is 12.5. The van der Waals surface area contributed by atoms with Crippen molar-refractivity contribution in [2.45, 2.75) is 66.6 Å². The zero-order chi connectivity index (χ0) is 19.3. The van der Waals surface area contributed by atoms with Gasteiger partial charge in [-0.2, -0.15) is 0 Å². The molecular formula is C20H30N2O3. The fourth-order valence-corrected chi connectivity index (χ4v) is 2.54. The molecule has 0 fully saturated rings. The number of rotatable bonds is 7. The molecule has 2 amide bonds. The van der Waals surface area contributed by atoms with Crippen LogP contribution in [0.25, 0.3) is 0 Å². The summed E-state index contributed by atoms with van der Waals surface area (Å²) >= 11 is 0. The molecule has 5 heteroatoms. The van der Waals surface area contributed by atoms with Crippen molar-refractivity contribution in [1.29, 1.82) is 0 Å². The average Bonchev–Trinajstić information content (AvgIpc) is 2.53. The third-order valence-corrected chi connectivity index (χ3v) is 4.31.